The predicted molar refractivity (Wildman–Crippen MR) is 109 cm³/mol. The Balaban J connectivity index is 1.94. The van der Waals surface area contributed by atoms with Gasteiger partial charge in [-0.1, -0.05) is 13.0 Å². The fourth-order valence-electron chi connectivity index (χ4n) is 2.59. The molecule has 7 nitrogen and oxygen atoms in total. The number of ether oxygens (including phenoxy) is 3. The lowest BCUT2D eigenvalue weighted by Crippen LogP contribution is -2.24. The molecule has 0 aliphatic heterocycles. The summed E-state index contributed by atoms with van der Waals surface area (Å²) in [6, 6.07) is 10.9. The maximum Gasteiger partial charge on any atom is 0.332 e. The molecule has 0 heterocycles. The van der Waals surface area contributed by atoms with Gasteiger partial charge in [-0.2, -0.15) is 5.10 Å². The van der Waals surface area contributed by atoms with Crippen molar-refractivity contribution in [2.75, 3.05) is 19.8 Å². The number of carbonyl (C=O) groups excluding carboxylic acids is 1. The van der Waals surface area contributed by atoms with Crippen molar-refractivity contribution in [2.45, 2.75) is 27.2 Å². The van der Waals surface area contributed by atoms with Crippen molar-refractivity contribution < 1.29 is 19.0 Å². The second kappa shape index (κ2) is 10.8. The number of nitrogens with two attached hydrogens (primary N) is 1. The van der Waals surface area contributed by atoms with E-state index in [1.165, 1.54) is 17.3 Å². The lowest BCUT2D eigenvalue weighted by Gasteiger charge is -2.13. The Bertz CT molecular complexity index is 821. The summed E-state index contributed by atoms with van der Waals surface area (Å²) >= 11 is 0. The zero-order valence-corrected chi connectivity index (χ0v) is 16.5. The smallest absolute Gasteiger partial charge is 0.332 e. The number of nitrogens with zero attached hydrogens (tertiary/aromatic N) is 1. The molecule has 0 radical (unpaired) electrons. The Hall–Kier alpha value is -3.22. The van der Waals surface area contributed by atoms with Gasteiger partial charge >= 0.3 is 6.03 Å². The first-order valence-corrected chi connectivity index (χ1v) is 9.23. The molecule has 0 aliphatic rings. The van der Waals surface area contributed by atoms with Crippen LogP contribution in [0.2, 0.25) is 0 Å². The normalized spacial score (nSPS) is 10.7. The largest absolute Gasteiger partial charge is 0.490 e. The number of hydrogen-bond donors (Lipinski definition) is 2. The van der Waals surface area contributed by atoms with Crippen molar-refractivity contribution in [3.8, 4) is 17.2 Å². The van der Waals surface area contributed by atoms with E-state index in [0.717, 1.165) is 17.7 Å². The molecule has 2 rings (SSSR count). The third kappa shape index (κ3) is 6.83. The van der Waals surface area contributed by atoms with E-state index in [-0.39, 0.29) is 0 Å². The van der Waals surface area contributed by atoms with Crippen LogP contribution in [0, 0.1) is 6.92 Å². The molecule has 0 unspecified atom stereocenters. The summed E-state index contributed by atoms with van der Waals surface area (Å²) in [5.41, 5.74) is 10.3. The van der Waals surface area contributed by atoms with E-state index < -0.39 is 6.03 Å². The lowest BCUT2D eigenvalue weighted by atomic mass is 10.1. The number of amides is 2. The second-order valence-corrected chi connectivity index (χ2v) is 6.08. The predicted octanol–water partition coefficient (Wildman–Crippen LogP) is 3.42. The molecule has 0 fully saturated rings. The fourth-order valence-corrected chi connectivity index (χ4v) is 2.59. The van der Waals surface area contributed by atoms with Crippen molar-refractivity contribution in [3.63, 3.8) is 0 Å². The van der Waals surface area contributed by atoms with Crippen LogP contribution in [0.4, 0.5) is 4.79 Å². The van der Waals surface area contributed by atoms with Gasteiger partial charge in [0, 0.05) is 0 Å². The molecule has 2 amide bonds. The number of aryl methyl sites for hydroxylation is 2. The highest BCUT2D eigenvalue weighted by atomic mass is 16.5. The van der Waals surface area contributed by atoms with Crippen LogP contribution < -0.4 is 25.4 Å². The Morgan fingerprint density at radius 1 is 1.07 bits per heavy atom. The van der Waals surface area contributed by atoms with Gasteiger partial charge in [0.25, 0.3) is 0 Å². The molecule has 0 spiro atoms. The number of rotatable bonds is 10. The molecule has 0 saturated heterocycles. The molecule has 3 N–H and O–H groups in total. The Labute approximate surface area is 165 Å². The van der Waals surface area contributed by atoms with E-state index in [2.05, 4.69) is 30.4 Å². The van der Waals surface area contributed by atoms with Crippen LogP contribution in [0.15, 0.2) is 41.5 Å². The van der Waals surface area contributed by atoms with Crippen molar-refractivity contribution >= 4 is 12.2 Å². The highest BCUT2D eigenvalue weighted by Crippen LogP contribution is 2.28. The van der Waals surface area contributed by atoms with E-state index in [9.17, 15) is 4.79 Å². The van der Waals surface area contributed by atoms with Gasteiger partial charge in [-0.15, -0.1) is 0 Å². The molecule has 0 saturated carbocycles. The first kappa shape index (κ1) is 21.1. The summed E-state index contributed by atoms with van der Waals surface area (Å²) < 4.78 is 17.2. The summed E-state index contributed by atoms with van der Waals surface area (Å²) in [5.74, 6) is 2.05. The van der Waals surface area contributed by atoms with Crippen LogP contribution in [0.3, 0.4) is 0 Å². The SMILES string of the molecule is CCOc1cc(/C=N\NC(N)=O)ccc1OCCOc1cc(C)cc(CC)c1. The molecule has 0 aromatic heterocycles. The highest BCUT2D eigenvalue weighted by molar-refractivity contribution is 5.82. The van der Waals surface area contributed by atoms with E-state index in [0.29, 0.717) is 31.3 Å². The minimum Gasteiger partial charge on any atom is -0.490 e. The second-order valence-electron chi connectivity index (χ2n) is 6.08. The quantitative estimate of drug-likeness (QED) is 0.372. The van der Waals surface area contributed by atoms with Crippen molar-refractivity contribution in [1.29, 1.82) is 0 Å². The number of hydrazone groups is 1. The minimum atomic E-state index is -0.721. The van der Waals surface area contributed by atoms with Crippen LogP contribution >= 0.6 is 0 Å². The van der Waals surface area contributed by atoms with Crippen molar-refractivity contribution in [1.82, 2.24) is 5.43 Å². The monoisotopic (exact) mass is 385 g/mol. The van der Waals surface area contributed by atoms with Gasteiger partial charge < -0.3 is 19.9 Å². The number of nitrogens with one attached hydrogen (secondary N) is 1. The third-order valence-electron chi connectivity index (χ3n) is 3.78. The molecule has 7 heteroatoms. The van der Waals surface area contributed by atoms with Crippen molar-refractivity contribution in [3.05, 3.63) is 53.1 Å². The van der Waals surface area contributed by atoms with Gasteiger partial charge in [0.15, 0.2) is 11.5 Å². The van der Waals surface area contributed by atoms with Crippen LogP contribution in [0.25, 0.3) is 0 Å². The molecule has 2 aromatic rings. The van der Waals surface area contributed by atoms with Crippen LogP contribution in [-0.4, -0.2) is 32.1 Å². The molecular formula is C21H27N3O4. The first-order chi connectivity index (χ1) is 13.5. The molecule has 0 bridgehead atoms. The average molecular weight is 385 g/mol. The minimum absolute atomic E-state index is 0.381. The maximum atomic E-state index is 10.7. The van der Waals surface area contributed by atoms with Gasteiger partial charge in [0.2, 0.25) is 0 Å². The Morgan fingerprint density at radius 3 is 2.57 bits per heavy atom. The Kier molecular flexibility index (Phi) is 8.14. The zero-order chi connectivity index (χ0) is 20.4. The van der Waals surface area contributed by atoms with Gasteiger partial charge in [-0.05, 0) is 67.3 Å². The third-order valence-corrected chi connectivity index (χ3v) is 3.78. The molecule has 150 valence electrons. The highest BCUT2D eigenvalue weighted by Gasteiger charge is 2.07. The summed E-state index contributed by atoms with van der Waals surface area (Å²) in [6.07, 6.45) is 2.44. The van der Waals surface area contributed by atoms with Gasteiger partial charge in [0.1, 0.15) is 19.0 Å². The topological polar surface area (TPSA) is 95.2 Å². The number of benzene rings is 2. The van der Waals surface area contributed by atoms with Crippen LogP contribution in [0.5, 0.6) is 17.2 Å². The van der Waals surface area contributed by atoms with Crippen LogP contribution in [0.1, 0.15) is 30.5 Å². The number of carbonyl (C=O) groups is 1. The van der Waals surface area contributed by atoms with Crippen LogP contribution in [-0.2, 0) is 6.42 Å². The summed E-state index contributed by atoms with van der Waals surface area (Å²) in [6.45, 7) is 7.37. The molecule has 0 atom stereocenters. The van der Waals surface area contributed by atoms with E-state index in [1.54, 1.807) is 18.2 Å². The van der Waals surface area contributed by atoms with Gasteiger partial charge in [-0.25, -0.2) is 10.2 Å². The number of primary amides is 1. The van der Waals surface area contributed by atoms with Gasteiger partial charge in [0.05, 0.1) is 12.8 Å². The summed E-state index contributed by atoms with van der Waals surface area (Å²) in [4.78, 5) is 10.7. The van der Waals surface area contributed by atoms with E-state index in [1.807, 2.05) is 19.1 Å². The summed E-state index contributed by atoms with van der Waals surface area (Å²) in [7, 11) is 0. The average Bonchev–Trinajstić information content (AvgIpc) is 2.66. The molecular weight excluding hydrogens is 358 g/mol. The standard InChI is InChI=1S/C21H27N3O4/c1-4-16-10-15(3)11-18(12-16)27-8-9-28-19-7-6-17(13-20(19)26-5-2)14-23-24-21(22)25/h6-7,10-14H,4-5,8-9H2,1-3H3,(H3,22,24,25)/b23-14-. The van der Waals surface area contributed by atoms with Crippen molar-refractivity contribution in [2.24, 2.45) is 10.8 Å². The number of urea groups is 1. The lowest BCUT2D eigenvalue weighted by molar-refractivity contribution is 0.208. The molecule has 28 heavy (non-hydrogen) atoms. The first-order valence-electron chi connectivity index (χ1n) is 9.23. The zero-order valence-electron chi connectivity index (χ0n) is 16.5. The summed E-state index contributed by atoms with van der Waals surface area (Å²) in [5, 5.41) is 3.74. The molecule has 0 aliphatic carbocycles. The van der Waals surface area contributed by atoms with Gasteiger partial charge in [-0.3, -0.25) is 0 Å². The van der Waals surface area contributed by atoms with E-state index >= 15 is 0 Å². The fraction of sp³-hybridized carbons (Fsp3) is 0.333. The number of hydrogen-bond acceptors (Lipinski definition) is 5. The molecule has 2 aromatic carbocycles. The van der Waals surface area contributed by atoms with E-state index in [4.69, 9.17) is 19.9 Å². The maximum absolute atomic E-state index is 10.7. The Morgan fingerprint density at radius 2 is 1.86 bits per heavy atom.